The van der Waals surface area contributed by atoms with Crippen LogP contribution in [0.5, 0.6) is 0 Å². The minimum atomic E-state index is -1.91. The number of carboxylic acid groups (broad SMARTS) is 1. The van der Waals surface area contributed by atoms with Crippen molar-refractivity contribution >= 4 is 23.9 Å². The van der Waals surface area contributed by atoms with Crippen molar-refractivity contribution in [3.05, 3.63) is 60.8 Å². The van der Waals surface area contributed by atoms with E-state index >= 15 is 0 Å². The molecule has 3 N–H and O–H groups in total. The molecule has 1 fully saturated rings. The van der Waals surface area contributed by atoms with Gasteiger partial charge in [0.2, 0.25) is 0 Å². The molecule has 0 aromatic heterocycles. The number of unbranched alkanes of at least 4 members (excludes halogenated alkanes) is 35. The van der Waals surface area contributed by atoms with Crippen molar-refractivity contribution in [2.45, 2.75) is 353 Å². The van der Waals surface area contributed by atoms with Crippen LogP contribution < -0.4 is 0 Å². The highest BCUT2D eigenvalue weighted by Gasteiger charge is 2.50. The molecule has 1 aliphatic heterocycles. The summed E-state index contributed by atoms with van der Waals surface area (Å²) in [5, 5.41) is 31.7. The van der Waals surface area contributed by atoms with Crippen molar-refractivity contribution in [2.75, 3.05) is 13.2 Å². The Bertz CT molecular complexity index is 1670. The average molecular weight is 1170 g/mol. The second-order valence-corrected chi connectivity index (χ2v) is 23.4. The Morgan fingerprint density at radius 3 is 1.18 bits per heavy atom. The molecule has 0 aromatic carbocycles. The Hall–Kier alpha value is -3.58. The third kappa shape index (κ3) is 48.3. The Labute approximate surface area is 506 Å². The maximum absolute atomic E-state index is 13.2. The smallest absolute Gasteiger partial charge is 0.335 e. The molecule has 0 saturated carbocycles. The summed E-state index contributed by atoms with van der Waals surface area (Å²) in [5.74, 6) is -3.12. The minimum Gasteiger partial charge on any atom is -0.479 e. The molecule has 1 aliphatic rings. The first-order valence-electron chi connectivity index (χ1n) is 34.3. The number of carbonyl (C=O) groups is 4. The first kappa shape index (κ1) is 77.4. The van der Waals surface area contributed by atoms with Crippen molar-refractivity contribution in [3.8, 4) is 0 Å². The van der Waals surface area contributed by atoms with E-state index < -0.39 is 67.3 Å². The van der Waals surface area contributed by atoms with Crippen LogP contribution in [0.3, 0.4) is 0 Å². The quantitative estimate of drug-likeness (QED) is 0.0228. The van der Waals surface area contributed by atoms with Gasteiger partial charge in [0.05, 0.1) is 6.61 Å². The van der Waals surface area contributed by atoms with Crippen LogP contribution in [0.15, 0.2) is 60.8 Å². The topological polar surface area (TPSA) is 175 Å². The summed E-state index contributed by atoms with van der Waals surface area (Å²) in [5.41, 5.74) is 0. The van der Waals surface area contributed by atoms with Gasteiger partial charge in [-0.05, 0) is 83.5 Å². The largest absolute Gasteiger partial charge is 0.479 e. The summed E-state index contributed by atoms with van der Waals surface area (Å²) in [6.45, 7) is 5.90. The molecule has 0 aliphatic carbocycles. The molecule has 12 heteroatoms. The Kier molecular flexibility index (Phi) is 54.8. The van der Waals surface area contributed by atoms with Crippen LogP contribution in [-0.2, 0) is 42.9 Å². The summed E-state index contributed by atoms with van der Waals surface area (Å²) in [6.07, 6.45) is 61.7. The number of rotatable bonds is 59. The molecule has 12 nitrogen and oxygen atoms in total. The molecule has 0 aromatic rings. The van der Waals surface area contributed by atoms with E-state index in [1.807, 2.05) is 0 Å². The minimum absolute atomic E-state index is 0.0624. The number of ether oxygens (including phenoxy) is 5. The fraction of sp³-hybridized carbons (Fsp3) is 0.803. The Morgan fingerprint density at radius 2 is 0.759 bits per heavy atom. The van der Waals surface area contributed by atoms with Crippen LogP contribution in [-0.4, -0.2) is 89.2 Å². The van der Waals surface area contributed by atoms with E-state index in [0.717, 1.165) is 122 Å². The zero-order valence-electron chi connectivity index (χ0n) is 53.2. The molecular weight excluding hydrogens is 1040 g/mol. The molecule has 0 bridgehead atoms. The molecule has 480 valence electrons. The van der Waals surface area contributed by atoms with Gasteiger partial charge in [0.1, 0.15) is 18.8 Å². The van der Waals surface area contributed by atoms with Gasteiger partial charge in [-0.1, -0.05) is 274 Å². The van der Waals surface area contributed by atoms with Gasteiger partial charge in [-0.3, -0.25) is 14.4 Å². The molecule has 0 amide bonds. The molecule has 0 radical (unpaired) electrons. The second-order valence-electron chi connectivity index (χ2n) is 23.4. The summed E-state index contributed by atoms with van der Waals surface area (Å²) in [4.78, 5) is 51.4. The zero-order valence-corrected chi connectivity index (χ0v) is 53.2. The van der Waals surface area contributed by atoms with E-state index in [1.165, 1.54) is 135 Å². The van der Waals surface area contributed by atoms with E-state index in [0.29, 0.717) is 19.3 Å². The van der Waals surface area contributed by atoms with Gasteiger partial charge in [0, 0.05) is 19.3 Å². The molecule has 1 saturated heterocycles. The van der Waals surface area contributed by atoms with E-state index in [9.17, 15) is 34.5 Å². The van der Waals surface area contributed by atoms with Gasteiger partial charge < -0.3 is 39.0 Å². The van der Waals surface area contributed by atoms with Crippen molar-refractivity contribution in [2.24, 2.45) is 0 Å². The standard InChI is InChI=1S/C71H124O12/c1-4-7-10-13-16-19-22-25-28-31-32-35-38-41-44-47-50-53-56-59-65(74)82-69-67(76)66(75)68(70(77)78)83-71(69)80-61-62(81-64(73)58-55-52-49-46-43-40-37-34-30-27-24-21-18-15-12-9-6-3)60-79-63(72)57-54-51-48-45-42-39-36-33-29-26-23-20-17-14-11-8-5-2/h8,11,17-18,20-21,26-27,29-30,62,66-69,71,75-76H,4-7,9-10,12-16,19,22-25,28,31-61H2,1-3H3,(H,77,78)/b11-8-,20-17-,21-18-,29-26-,30-27-. The van der Waals surface area contributed by atoms with E-state index in [2.05, 4.69) is 81.5 Å². The summed E-state index contributed by atoms with van der Waals surface area (Å²) >= 11 is 0. The average Bonchev–Trinajstić information content (AvgIpc) is 3.58. The number of esters is 3. The van der Waals surface area contributed by atoms with E-state index in [1.54, 1.807) is 0 Å². The van der Waals surface area contributed by atoms with Crippen LogP contribution in [0.4, 0.5) is 0 Å². The highest BCUT2D eigenvalue weighted by atomic mass is 16.7. The Morgan fingerprint density at radius 1 is 0.410 bits per heavy atom. The number of carboxylic acids is 1. The number of allylic oxidation sites excluding steroid dienone is 10. The summed E-state index contributed by atoms with van der Waals surface area (Å²) in [6, 6.07) is 0. The van der Waals surface area contributed by atoms with Crippen LogP contribution >= 0.6 is 0 Å². The van der Waals surface area contributed by atoms with E-state index in [4.69, 9.17) is 23.7 Å². The van der Waals surface area contributed by atoms with Crippen molar-refractivity contribution in [1.29, 1.82) is 0 Å². The number of carbonyl (C=O) groups excluding carboxylic acids is 3. The lowest BCUT2D eigenvalue weighted by atomic mass is 9.98. The summed E-state index contributed by atoms with van der Waals surface area (Å²) in [7, 11) is 0. The molecule has 1 rings (SSSR count). The SMILES string of the molecule is CC/C=C\C/C=C\C/C=C\CCCCCCCCCC(=O)OCC(COC1OC(C(=O)O)C(O)C(O)C1OC(=O)CCCCCCCCCCCCCCCCCCCCC)OC(=O)CCCCCCCCC/C=C\C/C=C\CCCCC. The molecule has 1 heterocycles. The number of aliphatic hydroxyl groups excluding tert-OH is 2. The van der Waals surface area contributed by atoms with Gasteiger partial charge in [-0.2, -0.15) is 0 Å². The van der Waals surface area contributed by atoms with Crippen LogP contribution in [0.2, 0.25) is 0 Å². The highest BCUT2D eigenvalue weighted by molar-refractivity contribution is 5.74. The fourth-order valence-electron chi connectivity index (χ4n) is 10.4. The normalized spacial score (nSPS) is 17.9. The third-order valence-electron chi connectivity index (χ3n) is 15.6. The number of aliphatic hydroxyl groups is 2. The Balaban J connectivity index is 2.64. The first-order valence-corrected chi connectivity index (χ1v) is 34.3. The number of hydrogen-bond acceptors (Lipinski definition) is 11. The van der Waals surface area contributed by atoms with Gasteiger partial charge in [-0.25, -0.2) is 4.79 Å². The van der Waals surface area contributed by atoms with Crippen LogP contribution in [0, 0.1) is 0 Å². The predicted molar refractivity (Wildman–Crippen MR) is 340 cm³/mol. The fourth-order valence-corrected chi connectivity index (χ4v) is 10.4. The monoisotopic (exact) mass is 1170 g/mol. The molecule has 0 spiro atoms. The van der Waals surface area contributed by atoms with Crippen molar-refractivity contribution < 1.29 is 58.2 Å². The van der Waals surface area contributed by atoms with Crippen molar-refractivity contribution in [3.63, 3.8) is 0 Å². The predicted octanol–water partition coefficient (Wildman–Crippen LogP) is 18.7. The maximum atomic E-state index is 13.2. The van der Waals surface area contributed by atoms with Gasteiger partial charge >= 0.3 is 23.9 Å². The van der Waals surface area contributed by atoms with Gasteiger partial charge in [0.25, 0.3) is 0 Å². The van der Waals surface area contributed by atoms with Gasteiger partial charge in [0.15, 0.2) is 24.6 Å². The lowest BCUT2D eigenvalue weighted by molar-refractivity contribution is -0.301. The summed E-state index contributed by atoms with van der Waals surface area (Å²) < 4.78 is 28.6. The molecular formula is C71H124O12. The first-order chi connectivity index (χ1) is 40.6. The van der Waals surface area contributed by atoms with Crippen molar-refractivity contribution in [1.82, 2.24) is 0 Å². The van der Waals surface area contributed by atoms with E-state index in [-0.39, 0.29) is 25.9 Å². The highest BCUT2D eigenvalue weighted by Crippen LogP contribution is 2.27. The van der Waals surface area contributed by atoms with Crippen LogP contribution in [0.25, 0.3) is 0 Å². The second kappa shape index (κ2) is 58.8. The maximum Gasteiger partial charge on any atom is 0.335 e. The third-order valence-corrected chi connectivity index (χ3v) is 15.6. The zero-order chi connectivity index (χ0) is 60.3. The molecule has 6 unspecified atom stereocenters. The molecule has 83 heavy (non-hydrogen) atoms. The number of hydrogen-bond donors (Lipinski definition) is 3. The van der Waals surface area contributed by atoms with Gasteiger partial charge in [-0.15, -0.1) is 0 Å². The number of aliphatic carboxylic acids is 1. The van der Waals surface area contributed by atoms with Crippen LogP contribution in [0.1, 0.15) is 316 Å². The lowest BCUT2D eigenvalue weighted by Crippen LogP contribution is -2.61. The lowest BCUT2D eigenvalue weighted by Gasteiger charge is -2.40. The molecule has 6 atom stereocenters.